The average Bonchev–Trinajstić information content (AvgIpc) is 2.53. The molecule has 0 radical (unpaired) electrons. The fourth-order valence-corrected chi connectivity index (χ4v) is 3.17. The average molecular weight is 327 g/mol. The number of hydrogen-bond acceptors (Lipinski definition) is 4. The first-order valence-electron chi connectivity index (χ1n) is 8.46. The maximum Gasteiger partial charge on any atom is 0.410 e. The molecule has 1 amide bonds. The van der Waals surface area contributed by atoms with E-state index in [2.05, 4.69) is 0 Å². The summed E-state index contributed by atoms with van der Waals surface area (Å²) in [6.07, 6.45) is 1.65. The van der Waals surface area contributed by atoms with Crippen LogP contribution in [0.2, 0.25) is 0 Å². The van der Waals surface area contributed by atoms with Crippen LogP contribution >= 0.6 is 0 Å². The number of pyridine rings is 1. The smallest absolute Gasteiger partial charge is 0.410 e. The van der Waals surface area contributed by atoms with Crippen LogP contribution in [0.1, 0.15) is 45.2 Å². The Bertz CT molecular complexity index is 752. The number of nitrogen functional groups attached to an aromatic ring is 1. The van der Waals surface area contributed by atoms with Crippen molar-refractivity contribution in [3.8, 4) is 0 Å². The van der Waals surface area contributed by atoms with Crippen molar-refractivity contribution < 1.29 is 9.53 Å². The summed E-state index contributed by atoms with van der Waals surface area (Å²) in [4.78, 5) is 18.9. The van der Waals surface area contributed by atoms with Gasteiger partial charge in [-0.05, 0) is 45.7 Å². The van der Waals surface area contributed by atoms with E-state index in [1.165, 1.54) is 0 Å². The molecule has 0 spiro atoms. The molecule has 1 aromatic carbocycles. The highest BCUT2D eigenvalue weighted by atomic mass is 16.6. The van der Waals surface area contributed by atoms with Gasteiger partial charge in [0.15, 0.2) is 0 Å². The molecule has 1 atom stereocenters. The van der Waals surface area contributed by atoms with Crippen molar-refractivity contribution in [3.63, 3.8) is 0 Å². The summed E-state index contributed by atoms with van der Waals surface area (Å²) >= 11 is 0. The Labute approximate surface area is 142 Å². The second-order valence-corrected chi connectivity index (χ2v) is 7.42. The predicted molar refractivity (Wildman–Crippen MR) is 95.9 cm³/mol. The molecule has 0 aliphatic carbocycles. The number of benzene rings is 1. The fourth-order valence-electron chi connectivity index (χ4n) is 3.17. The maximum atomic E-state index is 12.3. The van der Waals surface area contributed by atoms with Crippen LogP contribution in [-0.4, -0.2) is 34.7 Å². The van der Waals surface area contributed by atoms with E-state index < -0.39 is 5.60 Å². The van der Waals surface area contributed by atoms with E-state index in [1.54, 1.807) is 4.90 Å². The van der Waals surface area contributed by atoms with Gasteiger partial charge < -0.3 is 15.4 Å². The first-order chi connectivity index (χ1) is 11.3. The molecule has 24 heavy (non-hydrogen) atoms. The summed E-state index contributed by atoms with van der Waals surface area (Å²) < 4.78 is 5.50. The standard InChI is InChI=1S/C19H25N3O2/c1-19(2,3)24-18(23)22-10-6-8-14(12-22)17-15(20)11-13-7-4-5-9-16(13)21-17/h4-5,7,9,11,14H,6,8,10,12,20H2,1-3H3/t14-/m0/s1. The molecule has 0 unspecified atom stereocenters. The van der Waals surface area contributed by atoms with Crippen molar-refractivity contribution in [2.75, 3.05) is 18.8 Å². The van der Waals surface area contributed by atoms with Gasteiger partial charge in [-0.2, -0.15) is 0 Å². The molecule has 0 bridgehead atoms. The lowest BCUT2D eigenvalue weighted by molar-refractivity contribution is 0.0197. The number of nitrogens with zero attached hydrogens (tertiary/aromatic N) is 2. The summed E-state index contributed by atoms with van der Waals surface area (Å²) in [6.45, 7) is 6.98. The minimum atomic E-state index is -0.482. The summed E-state index contributed by atoms with van der Waals surface area (Å²) in [6, 6.07) is 9.93. The van der Waals surface area contributed by atoms with Crippen LogP contribution in [0, 0.1) is 0 Å². The second kappa shape index (κ2) is 6.30. The number of carbonyl (C=O) groups excluding carboxylic acids is 1. The molecule has 0 saturated carbocycles. The third-order valence-electron chi connectivity index (χ3n) is 4.24. The normalized spacial score (nSPS) is 18.6. The van der Waals surface area contributed by atoms with Gasteiger partial charge in [0.2, 0.25) is 0 Å². The monoisotopic (exact) mass is 327 g/mol. The quantitative estimate of drug-likeness (QED) is 0.861. The van der Waals surface area contributed by atoms with Crippen molar-refractivity contribution in [1.29, 1.82) is 0 Å². The molecule has 1 aromatic heterocycles. The van der Waals surface area contributed by atoms with Crippen molar-refractivity contribution in [2.45, 2.75) is 45.1 Å². The van der Waals surface area contributed by atoms with Gasteiger partial charge in [-0.3, -0.25) is 4.98 Å². The van der Waals surface area contributed by atoms with Gasteiger partial charge in [0.1, 0.15) is 5.60 Å². The van der Waals surface area contributed by atoms with Gasteiger partial charge in [0.05, 0.1) is 16.9 Å². The summed E-state index contributed by atoms with van der Waals surface area (Å²) in [5.41, 5.74) is 8.29. The minimum absolute atomic E-state index is 0.149. The highest BCUT2D eigenvalue weighted by molar-refractivity contribution is 5.82. The summed E-state index contributed by atoms with van der Waals surface area (Å²) in [5, 5.41) is 1.04. The van der Waals surface area contributed by atoms with Crippen molar-refractivity contribution >= 4 is 22.7 Å². The fraction of sp³-hybridized carbons (Fsp3) is 0.474. The first-order valence-corrected chi connectivity index (χ1v) is 8.46. The van der Waals surface area contributed by atoms with E-state index >= 15 is 0 Å². The number of fused-ring (bicyclic) bond motifs is 1. The van der Waals surface area contributed by atoms with Crippen LogP contribution in [0.3, 0.4) is 0 Å². The lowest BCUT2D eigenvalue weighted by Crippen LogP contribution is -2.42. The molecule has 2 heterocycles. The highest BCUT2D eigenvalue weighted by Gasteiger charge is 2.29. The number of rotatable bonds is 1. The van der Waals surface area contributed by atoms with Crippen LogP contribution < -0.4 is 5.73 Å². The second-order valence-electron chi connectivity index (χ2n) is 7.42. The number of likely N-dealkylation sites (tertiary alicyclic amines) is 1. The molecule has 2 aromatic rings. The Morgan fingerprint density at radius 2 is 2.08 bits per heavy atom. The third-order valence-corrected chi connectivity index (χ3v) is 4.24. The molecule has 1 aliphatic heterocycles. The van der Waals surface area contributed by atoms with Crippen molar-refractivity contribution in [1.82, 2.24) is 9.88 Å². The number of carbonyl (C=O) groups is 1. The summed E-state index contributed by atoms with van der Waals surface area (Å²) in [5.74, 6) is 0.149. The zero-order valence-electron chi connectivity index (χ0n) is 14.6. The largest absolute Gasteiger partial charge is 0.444 e. The SMILES string of the molecule is CC(C)(C)OC(=O)N1CCC[C@H](c2nc3ccccc3cc2N)C1. The van der Waals surface area contributed by atoms with E-state index in [-0.39, 0.29) is 12.0 Å². The van der Waals surface area contributed by atoms with Gasteiger partial charge in [-0.25, -0.2) is 4.79 Å². The number of piperidine rings is 1. The Morgan fingerprint density at radius 3 is 2.83 bits per heavy atom. The number of para-hydroxylation sites is 1. The first kappa shape index (κ1) is 16.6. The molecule has 1 fully saturated rings. The third kappa shape index (κ3) is 3.61. The number of nitrogens with two attached hydrogens (primary N) is 1. The van der Waals surface area contributed by atoms with Crippen molar-refractivity contribution in [3.05, 3.63) is 36.0 Å². The molecular formula is C19H25N3O2. The van der Waals surface area contributed by atoms with Gasteiger partial charge in [0, 0.05) is 24.4 Å². The van der Waals surface area contributed by atoms with E-state index in [1.807, 2.05) is 51.1 Å². The van der Waals surface area contributed by atoms with Crippen LogP contribution in [0.5, 0.6) is 0 Å². The molecule has 1 saturated heterocycles. The molecular weight excluding hydrogens is 302 g/mol. The van der Waals surface area contributed by atoms with Crippen LogP contribution in [-0.2, 0) is 4.74 Å². The lowest BCUT2D eigenvalue weighted by atomic mass is 9.93. The van der Waals surface area contributed by atoms with E-state index in [0.29, 0.717) is 12.2 Å². The number of ether oxygens (including phenoxy) is 1. The van der Waals surface area contributed by atoms with Crippen LogP contribution in [0.25, 0.3) is 10.9 Å². The van der Waals surface area contributed by atoms with Crippen LogP contribution in [0.15, 0.2) is 30.3 Å². The zero-order chi connectivity index (χ0) is 17.3. The number of amides is 1. The Morgan fingerprint density at radius 1 is 1.33 bits per heavy atom. The molecule has 3 rings (SSSR count). The minimum Gasteiger partial charge on any atom is -0.444 e. The molecule has 128 valence electrons. The number of aromatic nitrogens is 1. The van der Waals surface area contributed by atoms with Gasteiger partial charge >= 0.3 is 6.09 Å². The van der Waals surface area contributed by atoms with Crippen LogP contribution in [0.4, 0.5) is 10.5 Å². The molecule has 5 heteroatoms. The Balaban J connectivity index is 1.82. The topological polar surface area (TPSA) is 68.5 Å². The lowest BCUT2D eigenvalue weighted by Gasteiger charge is -2.34. The van der Waals surface area contributed by atoms with E-state index in [0.717, 1.165) is 36.0 Å². The van der Waals surface area contributed by atoms with Gasteiger partial charge in [-0.15, -0.1) is 0 Å². The maximum absolute atomic E-state index is 12.3. The van der Waals surface area contributed by atoms with Gasteiger partial charge in [0.25, 0.3) is 0 Å². The zero-order valence-corrected chi connectivity index (χ0v) is 14.6. The molecule has 2 N–H and O–H groups in total. The van der Waals surface area contributed by atoms with Gasteiger partial charge in [-0.1, -0.05) is 18.2 Å². The molecule has 1 aliphatic rings. The van der Waals surface area contributed by atoms with Crippen molar-refractivity contribution in [2.24, 2.45) is 0 Å². The summed E-state index contributed by atoms with van der Waals surface area (Å²) in [7, 11) is 0. The predicted octanol–water partition coefficient (Wildman–Crippen LogP) is 3.93. The molecule has 5 nitrogen and oxygen atoms in total. The number of anilines is 1. The highest BCUT2D eigenvalue weighted by Crippen LogP contribution is 2.31. The number of hydrogen-bond donors (Lipinski definition) is 1. The Hall–Kier alpha value is -2.30. The Kier molecular flexibility index (Phi) is 4.35. The van der Waals surface area contributed by atoms with E-state index in [9.17, 15) is 4.79 Å². The van der Waals surface area contributed by atoms with E-state index in [4.69, 9.17) is 15.5 Å².